The van der Waals surface area contributed by atoms with Gasteiger partial charge in [0.05, 0.1) is 0 Å². The molecule has 0 aliphatic rings. The van der Waals surface area contributed by atoms with Gasteiger partial charge in [-0.25, -0.2) is 0 Å². The van der Waals surface area contributed by atoms with E-state index < -0.39 is 0 Å². The molecule has 0 heterocycles. The monoisotopic (exact) mass is 251 g/mol. The molecule has 0 saturated carbocycles. The summed E-state index contributed by atoms with van der Waals surface area (Å²) in [6, 6.07) is 6.07. The maximum absolute atomic E-state index is 10.0. The van der Waals surface area contributed by atoms with E-state index in [-0.39, 0.29) is 5.75 Å². The Morgan fingerprint density at radius 2 is 1.61 bits per heavy atom. The van der Waals surface area contributed by atoms with E-state index in [1.165, 1.54) is 50.7 Å². The molecule has 1 aromatic carbocycles. The second-order valence-corrected chi connectivity index (χ2v) is 4.27. The van der Waals surface area contributed by atoms with E-state index in [2.05, 4.69) is 6.92 Å². The van der Waals surface area contributed by atoms with Crippen molar-refractivity contribution in [3.05, 3.63) is 29.8 Å². The lowest BCUT2D eigenvalue weighted by Crippen LogP contribution is -1.97. The Hall–Kier alpha value is -1.35. The van der Waals surface area contributed by atoms with Crippen molar-refractivity contribution >= 4 is 6.29 Å². The Bertz CT molecular complexity index is 290. The highest BCUT2D eigenvalue weighted by molar-refractivity contribution is 5.74. The van der Waals surface area contributed by atoms with E-state index in [4.69, 9.17) is 10.8 Å². The number of unbranched alkanes of at least 4 members (excludes halogenated alkanes) is 5. The van der Waals surface area contributed by atoms with Gasteiger partial charge >= 0.3 is 0 Å². The second-order valence-electron chi connectivity index (χ2n) is 4.27. The van der Waals surface area contributed by atoms with Gasteiger partial charge in [-0.15, -0.1) is 0 Å². The number of carbonyl (C=O) groups excluding carboxylic acids is 1. The van der Waals surface area contributed by atoms with Crippen LogP contribution in [0.5, 0.6) is 5.75 Å². The van der Waals surface area contributed by atoms with Crippen molar-refractivity contribution in [3.8, 4) is 5.75 Å². The summed E-state index contributed by atoms with van der Waals surface area (Å²) in [5, 5.41) is 8.74. The maximum Gasteiger partial charge on any atom is 0.150 e. The van der Waals surface area contributed by atoms with Gasteiger partial charge in [-0.1, -0.05) is 39.0 Å². The lowest BCUT2D eigenvalue weighted by Gasteiger charge is -1.96. The fraction of sp³-hybridized carbons (Fsp3) is 0.533. The summed E-state index contributed by atoms with van der Waals surface area (Å²) in [6.45, 7) is 3.11. The molecule has 3 nitrogen and oxygen atoms in total. The molecule has 0 radical (unpaired) electrons. The molecule has 0 aliphatic heterocycles. The Kier molecular flexibility index (Phi) is 11.2. The highest BCUT2D eigenvalue weighted by Crippen LogP contribution is 2.07. The summed E-state index contributed by atoms with van der Waals surface area (Å²) >= 11 is 0. The van der Waals surface area contributed by atoms with E-state index in [1.807, 2.05) is 0 Å². The predicted octanol–water partition coefficient (Wildman–Crippen LogP) is 3.51. The molecule has 18 heavy (non-hydrogen) atoms. The summed E-state index contributed by atoms with van der Waals surface area (Å²) in [4.78, 5) is 10.0. The quantitative estimate of drug-likeness (QED) is 0.575. The third-order valence-electron chi connectivity index (χ3n) is 2.59. The van der Waals surface area contributed by atoms with Crippen LogP contribution in [0.15, 0.2) is 24.3 Å². The highest BCUT2D eigenvalue weighted by Gasteiger charge is 1.87. The van der Waals surface area contributed by atoms with Crippen molar-refractivity contribution < 1.29 is 9.90 Å². The van der Waals surface area contributed by atoms with Gasteiger partial charge in [0.2, 0.25) is 0 Å². The third-order valence-corrected chi connectivity index (χ3v) is 2.59. The first-order valence-corrected chi connectivity index (χ1v) is 6.68. The van der Waals surface area contributed by atoms with Crippen molar-refractivity contribution in [2.45, 2.75) is 45.4 Å². The molecule has 1 rings (SSSR count). The maximum atomic E-state index is 10.0. The predicted molar refractivity (Wildman–Crippen MR) is 75.9 cm³/mol. The molecule has 3 heteroatoms. The number of rotatable bonds is 7. The van der Waals surface area contributed by atoms with Crippen LogP contribution in [0.2, 0.25) is 0 Å². The Balaban J connectivity index is 0.000000321. The van der Waals surface area contributed by atoms with Gasteiger partial charge in [0.1, 0.15) is 12.0 Å². The molecule has 3 N–H and O–H groups in total. The van der Waals surface area contributed by atoms with Crippen molar-refractivity contribution in [3.63, 3.8) is 0 Å². The smallest absolute Gasteiger partial charge is 0.150 e. The molecule has 0 unspecified atom stereocenters. The second kappa shape index (κ2) is 12.1. The van der Waals surface area contributed by atoms with Crippen molar-refractivity contribution in [1.82, 2.24) is 0 Å². The van der Waals surface area contributed by atoms with Gasteiger partial charge in [-0.2, -0.15) is 0 Å². The first-order chi connectivity index (χ1) is 8.74. The van der Waals surface area contributed by atoms with Gasteiger partial charge in [0.25, 0.3) is 0 Å². The molecule has 0 saturated heterocycles. The topological polar surface area (TPSA) is 63.3 Å². The first-order valence-electron chi connectivity index (χ1n) is 6.68. The fourth-order valence-corrected chi connectivity index (χ4v) is 1.48. The average molecular weight is 251 g/mol. The summed E-state index contributed by atoms with van der Waals surface area (Å²) in [5.74, 6) is 0.181. The molecule has 0 spiro atoms. The zero-order valence-corrected chi connectivity index (χ0v) is 11.3. The number of hydrogen-bond donors (Lipinski definition) is 2. The van der Waals surface area contributed by atoms with Crippen LogP contribution in [0.1, 0.15) is 55.8 Å². The van der Waals surface area contributed by atoms with Crippen LogP contribution in [0.25, 0.3) is 0 Å². The van der Waals surface area contributed by atoms with Gasteiger partial charge in [0.15, 0.2) is 0 Å². The van der Waals surface area contributed by atoms with Crippen molar-refractivity contribution in [1.29, 1.82) is 0 Å². The Morgan fingerprint density at radius 3 is 2.11 bits per heavy atom. The zero-order valence-electron chi connectivity index (χ0n) is 11.3. The number of benzene rings is 1. The molecular formula is C15H25NO2. The molecule has 0 atom stereocenters. The summed E-state index contributed by atoms with van der Waals surface area (Å²) in [6.07, 6.45) is 8.79. The van der Waals surface area contributed by atoms with E-state index in [1.54, 1.807) is 12.1 Å². The molecule has 0 aromatic heterocycles. The largest absolute Gasteiger partial charge is 0.508 e. The SMILES string of the molecule is CCCCCCCCN.O=Cc1ccc(O)cc1. The minimum absolute atomic E-state index is 0.181. The minimum Gasteiger partial charge on any atom is -0.508 e. The van der Waals surface area contributed by atoms with E-state index in [0.29, 0.717) is 5.56 Å². The molecule has 102 valence electrons. The number of phenolic OH excluding ortho intramolecular Hbond substituents is 1. The third kappa shape index (κ3) is 9.85. The van der Waals surface area contributed by atoms with Crippen LogP contribution in [-0.4, -0.2) is 17.9 Å². The fourth-order valence-electron chi connectivity index (χ4n) is 1.48. The molecule has 0 fully saturated rings. The Morgan fingerprint density at radius 1 is 1.06 bits per heavy atom. The van der Waals surface area contributed by atoms with Gasteiger partial charge < -0.3 is 10.8 Å². The van der Waals surface area contributed by atoms with Crippen molar-refractivity contribution in [2.24, 2.45) is 5.73 Å². The lowest BCUT2D eigenvalue weighted by molar-refractivity contribution is 0.112. The van der Waals surface area contributed by atoms with Gasteiger partial charge in [-0.3, -0.25) is 4.79 Å². The lowest BCUT2D eigenvalue weighted by atomic mass is 10.1. The number of nitrogens with two attached hydrogens (primary N) is 1. The molecular weight excluding hydrogens is 226 g/mol. The number of hydrogen-bond acceptors (Lipinski definition) is 3. The van der Waals surface area contributed by atoms with Crippen LogP contribution < -0.4 is 5.73 Å². The average Bonchev–Trinajstić information content (AvgIpc) is 2.40. The summed E-state index contributed by atoms with van der Waals surface area (Å²) in [5.41, 5.74) is 5.92. The molecule has 0 bridgehead atoms. The van der Waals surface area contributed by atoms with Crippen LogP contribution in [-0.2, 0) is 0 Å². The van der Waals surface area contributed by atoms with Crippen LogP contribution in [0.4, 0.5) is 0 Å². The Labute approximate surface area is 110 Å². The molecule has 0 aliphatic carbocycles. The summed E-state index contributed by atoms with van der Waals surface area (Å²) < 4.78 is 0. The van der Waals surface area contributed by atoms with Gasteiger partial charge in [-0.05, 0) is 37.2 Å². The van der Waals surface area contributed by atoms with Crippen LogP contribution in [0.3, 0.4) is 0 Å². The van der Waals surface area contributed by atoms with E-state index in [0.717, 1.165) is 12.8 Å². The zero-order chi connectivity index (χ0) is 13.6. The van der Waals surface area contributed by atoms with Gasteiger partial charge in [0, 0.05) is 5.56 Å². The normalized spacial score (nSPS) is 9.44. The molecule has 1 aromatic rings. The van der Waals surface area contributed by atoms with Crippen LogP contribution >= 0.6 is 0 Å². The highest BCUT2D eigenvalue weighted by atomic mass is 16.3. The molecule has 0 amide bonds. The minimum atomic E-state index is 0.181. The summed E-state index contributed by atoms with van der Waals surface area (Å²) in [7, 11) is 0. The van der Waals surface area contributed by atoms with Crippen LogP contribution in [0, 0.1) is 0 Å². The standard InChI is InChI=1S/C8H19N.C7H6O2/c1-2-3-4-5-6-7-8-9;8-5-6-1-3-7(9)4-2-6/h2-9H2,1H3;1-5,9H. The number of aldehydes is 1. The van der Waals surface area contributed by atoms with E-state index >= 15 is 0 Å². The van der Waals surface area contributed by atoms with Crippen molar-refractivity contribution in [2.75, 3.05) is 6.54 Å². The number of carbonyl (C=O) groups is 1. The number of aromatic hydroxyl groups is 1. The van der Waals surface area contributed by atoms with E-state index in [9.17, 15) is 4.79 Å². The number of phenols is 1. The first kappa shape index (κ1) is 16.6.